The van der Waals surface area contributed by atoms with Gasteiger partial charge in [-0.15, -0.1) is 0 Å². The number of hydrogen-bond acceptors (Lipinski definition) is 4. The summed E-state index contributed by atoms with van der Waals surface area (Å²) in [5.41, 5.74) is 1.20. The lowest BCUT2D eigenvalue weighted by Crippen LogP contribution is -2.53. The zero-order chi connectivity index (χ0) is 28.3. The average molecular weight is 570 g/mol. The highest BCUT2D eigenvalue weighted by atomic mass is 35.5. The van der Waals surface area contributed by atoms with Crippen LogP contribution in [0.5, 0.6) is 0 Å². The van der Waals surface area contributed by atoms with Crippen LogP contribution in [-0.2, 0) is 26.0 Å². The van der Waals surface area contributed by atoms with Crippen molar-refractivity contribution in [3.05, 3.63) is 95.5 Å². The number of sulfonamides is 1. The first-order valence-corrected chi connectivity index (χ1v) is 15.0. The smallest absolute Gasteiger partial charge is 0.264 e. The number of unbranched alkanes of at least 4 members (excludes halogenated alkanes) is 1. The van der Waals surface area contributed by atoms with E-state index in [2.05, 4.69) is 5.32 Å². The highest BCUT2D eigenvalue weighted by Gasteiger charge is 2.34. The molecule has 1 N–H and O–H groups in total. The zero-order valence-electron chi connectivity index (χ0n) is 22.4. The van der Waals surface area contributed by atoms with E-state index < -0.39 is 28.5 Å². The molecular weight excluding hydrogens is 534 g/mol. The maximum absolute atomic E-state index is 14.0. The predicted octanol–water partition coefficient (Wildman–Crippen LogP) is 5.30. The Morgan fingerprint density at radius 2 is 1.51 bits per heavy atom. The molecule has 0 bridgehead atoms. The fourth-order valence-corrected chi connectivity index (χ4v) is 6.03. The van der Waals surface area contributed by atoms with Crippen LogP contribution in [0.25, 0.3) is 0 Å². The molecule has 0 aromatic heterocycles. The summed E-state index contributed by atoms with van der Waals surface area (Å²) < 4.78 is 28.6. The van der Waals surface area contributed by atoms with Crippen molar-refractivity contribution in [2.75, 3.05) is 23.9 Å². The lowest BCUT2D eigenvalue weighted by Gasteiger charge is -2.33. The van der Waals surface area contributed by atoms with Gasteiger partial charge < -0.3 is 10.2 Å². The summed E-state index contributed by atoms with van der Waals surface area (Å²) in [4.78, 5) is 28.7. The van der Waals surface area contributed by atoms with Crippen LogP contribution in [0.15, 0.2) is 89.8 Å². The standard InChI is InChI=1S/C30H36ClN3O4S/c1-3-5-21-32-30(36)27(4-2)33(22-20-24-14-8-6-9-15-24)29(35)23-34(28-19-13-12-18-26(28)31)39(37,38)25-16-10-7-11-17-25/h6-19,27H,3-5,20-23H2,1-2H3,(H,32,36)/t27-/m1/s1. The van der Waals surface area contributed by atoms with Crippen molar-refractivity contribution < 1.29 is 18.0 Å². The summed E-state index contributed by atoms with van der Waals surface area (Å²) in [5.74, 6) is -0.731. The Balaban J connectivity index is 1.98. The first-order valence-electron chi connectivity index (χ1n) is 13.2. The van der Waals surface area contributed by atoms with Crippen LogP contribution >= 0.6 is 11.6 Å². The molecule has 39 heavy (non-hydrogen) atoms. The molecule has 2 amide bonds. The van der Waals surface area contributed by atoms with Gasteiger partial charge in [0.1, 0.15) is 12.6 Å². The van der Waals surface area contributed by atoms with Crippen LogP contribution in [0.1, 0.15) is 38.7 Å². The summed E-state index contributed by atoms with van der Waals surface area (Å²) in [7, 11) is -4.14. The maximum Gasteiger partial charge on any atom is 0.264 e. The molecule has 0 aliphatic rings. The van der Waals surface area contributed by atoms with Crippen LogP contribution in [0.3, 0.4) is 0 Å². The lowest BCUT2D eigenvalue weighted by atomic mass is 10.1. The summed E-state index contributed by atoms with van der Waals surface area (Å²) in [6.07, 6.45) is 2.66. The quantitative estimate of drug-likeness (QED) is 0.267. The summed E-state index contributed by atoms with van der Waals surface area (Å²) in [6, 6.07) is 23.4. The summed E-state index contributed by atoms with van der Waals surface area (Å²) in [6.45, 7) is 4.15. The van der Waals surface area contributed by atoms with Gasteiger partial charge >= 0.3 is 0 Å². The number of halogens is 1. The lowest BCUT2D eigenvalue weighted by molar-refractivity contribution is -0.139. The van der Waals surface area contributed by atoms with Crippen molar-refractivity contribution in [3.8, 4) is 0 Å². The number of rotatable bonds is 14. The Hall–Kier alpha value is -3.36. The summed E-state index contributed by atoms with van der Waals surface area (Å²) >= 11 is 6.43. The molecule has 3 aromatic carbocycles. The molecule has 3 rings (SSSR count). The first kappa shape index (κ1) is 30.2. The number of carbonyl (C=O) groups excluding carboxylic acids is 2. The number of anilines is 1. The Labute approximate surface area is 236 Å². The number of nitrogens with one attached hydrogen (secondary N) is 1. The topological polar surface area (TPSA) is 86.8 Å². The molecule has 0 aliphatic carbocycles. The van der Waals surface area contributed by atoms with Crippen molar-refractivity contribution in [3.63, 3.8) is 0 Å². The maximum atomic E-state index is 14.0. The van der Waals surface area contributed by atoms with E-state index in [0.29, 0.717) is 19.4 Å². The van der Waals surface area contributed by atoms with E-state index in [1.807, 2.05) is 44.2 Å². The number of hydrogen-bond donors (Lipinski definition) is 1. The minimum atomic E-state index is -4.14. The highest BCUT2D eigenvalue weighted by Crippen LogP contribution is 2.30. The predicted molar refractivity (Wildman–Crippen MR) is 156 cm³/mol. The molecule has 1 atom stereocenters. The van der Waals surface area contributed by atoms with Crippen LogP contribution in [-0.4, -0.2) is 50.8 Å². The van der Waals surface area contributed by atoms with Gasteiger partial charge in [-0.3, -0.25) is 13.9 Å². The van der Waals surface area contributed by atoms with Gasteiger partial charge in [0.05, 0.1) is 15.6 Å². The highest BCUT2D eigenvalue weighted by molar-refractivity contribution is 7.92. The molecule has 0 aliphatic heterocycles. The van der Waals surface area contributed by atoms with Crippen LogP contribution in [0.4, 0.5) is 5.69 Å². The molecule has 0 radical (unpaired) electrons. The molecule has 0 heterocycles. The zero-order valence-corrected chi connectivity index (χ0v) is 24.0. The second-order valence-electron chi connectivity index (χ2n) is 9.17. The van der Waals surface area contributed by atoms with Crippen LogP contribution < -0.4 is 9.62 Å². The number of nitrogens with zero attached hydrogens (tertiary/aromatic N) is 2. The Bertz CT molecular complexity index is 1320. The van der Waals surface area contributed by atoms with Gasteiger partial charge in [0.2, 0.25) is 11.8 Å². The third kappa shape index (κ3) is 8.07. The number of para-hydroxylation sites is 1. The van der Waals surface area contributed by atoms with Crippen molar-refractivity contribution >= 4 is 39.1 Å². The van der Waals surface area contributed by atoms with Gasteiger partial charge in [-0.25, -0.2) is 8.42 Å². The van der Waals surface area contributed by atoms with E-state index in [1.54, 1.807) is 42.5 Å². The number of carbonyl (C=O) groups is 2. The Kier molecular flexibility index (Phi) is 11.4. The van der Waals surface area contributed by atoms with E-state index in [0.717, 1.165) is 22.7 Å². The Morgan fingerprint density at radius 1 is 0.897 bits per heavy atom. The third-order valence-corrected chi connectivity index (χ3v) is 8.52. The van der Waals surface area contributed by atoms with Crippen LogP contribution in [0.2, 0.25) is 5.02 Å². The van der Waals surface area contributed by atoms with Gasteiger partial charge in [0.25, 0.3) is 10.0 Å². The van der Waals surface area contributed by atoms with Gasteiger partial charge in [-0.05, 0) is 49.1 Å². The minimum absolute atomic E-state index is 0.0397. The molecule has 9 heteroatoms. The fourth-order valence-electron chi connectivity index (χ4n) is 4.29. The second-order valence-corrected chi connectivity index (χ2v) is 11.4. The fraction of sp³-hybridized carbons (Fsp3) is 0.333. The molecule has 7 nitrogen and oxygen atoms in total. The molecule has 3 aromatic rings. The molecule has 0 unspecified atom stereocenters. The minimum Gasteiger partial charge on any atom is -0.354 e. The van der Waals surface area contributed by atoms with E-state index in [4.69, 9.17) is 11.6 Å². The molecular formula is C30H36ClN3O4S. The second kappa shape index (κ2) is 14.7. The first-order chi connectivity index (χ1) is 18.8. The largest absolute Gasteiger partial charge is 0.354 e. The molecule has 0 spiro atoms. The monoisotopic (exact) mass is 569 g/mol. The van der Waals surface area contributed by atoms with Gasteiger partial charge in [0.15, 0.2) is 0 Å². The van der Waals surface area contributed by atoms with Crippen molar-refractivity contribution in [2.45, 2.75) is 50.5 Å². The van der Waals surface area contributed by atoms with Crippen molar-refractivity contribution in [1.29, 1.82) is 0 Å². The van der Waals surface area contributed by atoms with Gasteiger partial charge in [0, 0.05) is 13.1 Å². The van der Waals surface area contributed by atoms with E-state index in [9.17, 15) is 18.0 Å². The summed E-state index contributed by atoms with van der Waals surface area (Å²) in [5, 5.41) is 3.13. The SMILES string of the molecule is CCCCNC(=O)[C@@H](CC)N(CCc1ccccc1)C(=O)CN(c1ccccc1Cl)S(=O)(=O)c1ccccc1. The van der Waals surface area contributed by atoms with Gasteiger partial charge in [-0.1, -0.05) is 92.5 Å². The third-order valence-electron chi connectivity index (χ3n) is 6.43. The molecule has 0 saturated carbocycles. The number of benzene rings is 3. The van der Waals surface area contributed by atoms with Crippen molar-refractivity contribution in [2.24, 2.45) is 0 Å². The van der Waals surface area contributed by atoms with E-state index >= 15 is 0 Å². The molecule has 0 saturated heterocycles. The average Bonchev–Trinajstić information content (AvgIpc) is 2.95. The molecule has 0 fully saturated rings. The van der Waals surface area contributed by atoms with Crippen LogP contribution in [0, 0.1) is 0 Å². The normalized spacial score (nSPS) is 12.0. The number of amides is 2. The Morgan fingerprint density at radius 3 is 2.13 bits per heavy atom. The van der Waals surface area contributed by atoms with Crippen molar-refractivity contribution in [1.82, 2.24) is 10.2 Å². The van der Waals surface area contributed by atoms with E-state index in [1.165, 1.54) is 17.0 Å². The molecule has 208 valence electrons. The van der Waals surface area contributed by atoms with E-state index in [-0.39, 0.29) is 28.1 Å². The van der Waals surface area contributed by atoms with Gasteiger partial charge in [-0.2, -0.15) is 0 Å².